The average Bonchev–Trinajstić information content (AvgIpc) is 3.43. The normalized spacial score (nSPS) is 21.4. The van der Waals surface area contributed by atoms with Gasteiger partial charge in [0.1, 0.15) is 5.82 Å². The fraction of sp³-hybridized carbons (Fsp3) is 0.593. The van der Waals surface area contributed by atoms with Crippen molar-refractivity contribution in [3.05, 3.63) is 41.1 Å². The van der Waals surface area contributed by atoms with Crippen molar-refractivity contribution in [2.24, 2.45) is 0 Å². The van der Waals surface area contributed by atoms with E-state index in [0.29, 0.717) is 38.3 Å². The lowest BCUT2D eigenvalue weighted by Crippen LogP contribution is -2.40. The Kier molecular flexibility index (Phi) is 7.30. The Labute approximate surface area is 217 Å². The number of carbonyl (C=O) groups is 1. The van der Waals surface area contributed by atoms with Gasteiger partial charge in [-0.2, -0.15) is 4.98 Å². The predicted octanol–water partition coefficient (Wildman–Crippen LogP) is 3.57. The summed E-state index contributed by atoms with van der Waals surface area (Å²) in [5.74, 6) is 3.58. The van der Waals surface area contributed by atoms with E-state index in [9.17, 15) is 4.79 Å². The zero-order chi connectivity index (χ0) is 24.3. The minimum absolute atomic E-state index is 0.108. The molecule has 1 aromatic heterocycles. The second-order valence-corrected chi connectivity index (χ2v) is 11.2. The molecule has 0 saturated carbocycles. The van der Waals surface area contributed by atoms with Gasteiger partial charge in [0.15, 0.2) is 0 Å². The molecule has 0 unspecified atom stereocenters. The van der Waals surface area contributed by atoms with Crippen molar-refractivity contribution in [3.8, 4) is 0 Å². The highest BCUT2D eigenvalue weighted by Gasteiger charge is 2.27. The molecule has 1 N–H and O–H groups in total. The SMILES string of the molecule is O=C(c1ccc(C2CCN(c3nc4c(c(NC5CCOCC5)n3)SCC4)CC2)cc1)N1CCOCC1. The number of aromatic nitrogens is 2. The fourth-order valence-electron chi connectivity index (χ4n) is 5.59. The smallest absolute Gasteiger partial charge is 0.254 e. The van der Waals surface area contributed by atoms with Crippen LogP contribution < -0.4 is 10.2 Å². The van der Waals surface area contributed by atoms with E-state index in [-0.39, 0.29) is 5.91 Å². The van der Waals surface area contributed by atoms with Gasteiger partial charge in [-0.05, 0) is 49.3 Å². The summed E-state index contributed by atoms with van der Waals surface area (Å²) >= 11 is 1.88. The highest BCUT2D eigenvalue weighted by molar-refractivity contribution is 7.99. The number of nitrogens with zero attached hydrogens (tertiary/aromatic N) is 4. The van der Waals surface area contributed by atoms with Gasteiger partial charge in [0.2, 0.25) is 5.95 Å². The van der Waals surface area contributed by atoms with Gasteiger partial charge < -0.3 is 24.6 Å². The molecule has 36 heavy (non-hydrogen) atoms. The van der Waals surface area contributed by atoms with E-state index in [4.69, 9.17) is 19.4 Å². The number of anilines is 2. The first-order valence-corrected chi connectivity index (χ1v) is 14.3. The number of fused-ring (bicyclic) bond motifs is 1. The Balaban J connectivity index is 1.10. The topological polar surface area (TPSA) is 79.8 Å². The summed E-state index contributed by atoms with van der Waals surface area (Å²) in [6, 6.07) is 8.71. The van der Waals surface area contributed by atoms with Crippen molar-refractivity contribution in [1.82, 2.24) is 14.9 Å². The van der Waals surface area contributed by atoms with E-state index < -0.39 is 0 Å². The number of aryl methyl sites for hydroxylation is 1. The maximum absolute atomic E-state index is 12.8. The number of hydrogen-bond donors (Lipinski definition) is 1. The highest BCUT2D eigenvalue weighted by atomic mass is 32.2. The molecule has 0 bridgehead atoms. The van der Waals surface area contributed by atoms with Crippen LogP contribution in [0.3, 0.4) is 0 Å². The molecule has 1 amide bonds. The van der Waals surface area contributed by atoms with Crippen molar-refractivity contribution < 1.29 is 14.3 Å². The van der Waals surface area contributed by atoms with Crippen LogP contribution >= 0.6 is 11.8 Å². The Morgan fingerprint density at radius 1 is 0.917 bits per heavy atom. The number of benzene rings is 1. The quantitative estimate of drug-likeness (QED) is 0.655. The second-order valence-electron chi connectivity index (χ2n) is 10.1. The molecule has 9 heteroatoms. The number of ether oxygens (including phenoxy) is 2. The van der Waals surface area contributed by atoms with Gasteiger partial charge in [-0.15, -0.1) is 11.8 Å². The van der Waals surface area contributed by atoms with Gasteiger partial charge in [-0.1, -0.05) is 12.1 Å². The third-order valence-corrected chi connectivity index (χ3v) is 8.90. The maximum Gasteiger partial charge on any atom is 0.254 e. The highest BCUT2D eigenvalue weighted by Crippen LogP contribution is 2.38. The lowest BCUT2D eigenvalue weighted by Gasteiger charge is -2.33. The molecule has 4 aliphatic heterocycles. The number of rotatable bonds is 5. The largest absolute Gasteiger partial charge is 0.381 e. The van der Waals surface area contributed by atoms with Crippen molar-refractivity contribution >= 4 is 29.4 Å². The molecule has 3 fully saturated rings. The van der Waals surface area contributed by atoms with Crippen LogP contribution in [-0.2, 0) is 15.9 Å². The third kappa shape index (κ3) is 5.19. The van der Waals surface area contributed by atoms with E-state index in [1.165, 1.54) is 16.2 Å². The number of carbonyl (C=O) groups excluding carboxylic acids is 1. The van der Waals surface area contributed by atoms with Crippen LogP contribution in [0.15, 0.2) is 29.2 Å². The van der Waals surface area contributed by atoms with Gasteiger partial charge in [-0.3, -0.25) is 4.79 Å². The molecular weight excluding hydrogens is 474 g/mol. The van der Waals surface area contributed by atoms with Gasteiger partial charge in [-0.25, -0.2) is 4.98 Å². The van der Waals surface area contributed by atoms with E-state index >= 15 is 0 Å². The third-order valence-electron chi connectivity index (χ3n) is 7.78. The number of piperidine rings is 1. The molecule has 6 rings (SSSR count). The van der Waals surface area contributed by atoms with Crippen molar-refractivity contribution in [3.63, 3.8) is 0 Å². The number of hydrogen-bond acceptors (Lipinski definition) is 8. The maximum atomic E-state index is 12.8. The van der Waals surface area contributed by atoms with Crippen LogP contribution in [0.4, 0.5) is 11.8 Å². The first-order chi connectivity index (χ1) is 17.7. The minimum atomic E-state index is 0.108. The van der Waals surface area contributed by atoms with Crippen LogP contribution in [0, 0.1) is 0 Å². The monoisotopic (exact) mass is 509 g/mol. The predicted molar refractivity (Wildman–Crippen MR) is 141 cm³/mol. The lowest BCUT2D eigenvalue weighted by atomic mass is 9.89. The van der Waals surface area contributed by atoms with E-state index in [1.807, 2.05) is 28.8 Å². The van der Waals surface area contributed by atoms with Crippen LogP contribution in [0.25, 0.3) is 0 Å². The standard InChI is InChI=1S/C27H35N5O3S/c33-26(31-12-16-35-17-13-31)21-3-1-19(2-4-21)20-5-10-32(11-6-20)27-29-23-9-18-36-24(23)25(30-27)28-22-7-14-34-15-8-22/h1-4,20,22H,5-18H2,(H,28,29,30). The lowest BCUT2D eigenvalue weighted by molar-refractivity contribution is 0.0303. The summed E-state index contributed by atoms with van der Waals surface area (Å²) < 4.78 is 10.9. The van der Waals surface area contributed by atoms with Gasteiger partial charge in [0.25, 0.3) is 5.91 Å². The number of thioether (sulfide) groups is 1. The van der Waals surface area contributed by atoms with E-state index in [1.54, 1.807) is 0 Å². The second kappa shape index (κ2) is 10.9. The van der Waals surface area contributed by atoms with Crippen LogP contribution in [-0.4, -0.2) is 85.2 Å². The zero-order valence-electron chi connectivity index (χ0n) is 20.8. The molecule has 5 heterocycles. The molecule has 1 aromatic carbocycles. The van der Waals surface area contributed by atoms with Crippen LogP contribution in [0.1, 0.15) is 53.2 Å². The van der Waals surface area contributed by atoms with Crippen molar-refractivity contribution in [1.29, 1.82) is 0 Å². The van der Waals surface area contributed by atoms with Crippen molar-refractivity contribution in [2.45, 2.75) is 49.0 Å². The molecule has 192 valence electrons. The Hall–Kier alpha value is -2.36. The Bertz CT molecular complexity index is 1060. The van der Waals surface area contributed by atoms with Gasteiger partial charge in [0.05, 0.1) is 23.8 Å². The molecule has 4 aliphatic rings. The van der Waals surface area contributed by atoms with Crippen LogP contribution in [0.2, 0.25) is 0 Å². The first kappa shape index (κ1) is 24.0. The molecular formula is C27H35N5O3S. The minimum Gasteiger partial charge on any atom is -0.381 e. The number of amides is 1. The first-order valence-electron chi connectivity index (χ1n) is 13.3. The van der Waals surface area contributed by atoms with E-state index in [0.717, 1.165) is 81.5 Å². The Morgan fingerprint density at radius 2 is 1.64 bits per heavy atom. The summed E-state index contributed by atoms with van der Waals surface area (Å²) in [5.41, 5.74) is 3.29. The summed E-state index contributed by atoms with van der Waals surface area (Å²) in [4.78, 5) is 28.2. The van der Waals surface area contributed by atoms with Crippen LogP contribution in [0.5, 0.6) is 0 Å². The summed E-state index contributed by atoms with van der Waals surface area (Å²) in [6.45, 7) is 6.14. The summed E-state index contributed by atoms with van der Waals surface area (Å²) in [6.07, 6.45) is 5.20. The fourth-order valence-corrected chi connectivity index (χ4v) is 6.64. The summed E-state index contributed by atoms with van der Waals surface area (Å²) in [7, 11) is 0. The molecule has 0 aliphatic carbocycles. The zero-order valence-corrected chi connectivity index (χ0v) is 21.6. The molecule has 0 radical (unpaired) electrons. The van der Waals surface area contributed by atoms with Gasteiger partial charge in [0, 0.05) is 63.2 Å². The number of nitrogens with one attached hydrogen (secondary N) is 1. The molecule has 0 atom stereocenters. The molecule has 0 spiro atoms. The average molecular weight is 510 g/mol. The molecule has 3 saturated heterocycles. The Morgan fingerprint density at radius 3 is 2.39 bits per heavy atom. The van der Waals surface area contributed by atoms with Crippen molar-refractivity contribution in [2.75, 3.05) is 68.6 Å². The molecule has 8 nitrogen and oxygen atoms in total. The van der Waals surface area contributed by atoms with E-state index in [2.05, 4.69) is 22.3 Å². The number of morpholine rings is 1. The summed E-state index contributed by atoms with van der Waals surface area (Å²) in [5, 5.41) is 3.72. The van der Waals surface area contributed by atoms with Gasteiger partial charge >= 0.3 is 0 Å². The molecule has 2 aromatic rings.